The molecule has 92 valence electrons. The molecule has 1 aromatic rings. The highest BCUT2D eigenvalue weighted by Crippen LogP contribution is 2.21. The fraction of sp³-hybridized carbons (Fsp3) is 0.429. The van der Waals surface area contributed by atoms with Crippen molar-refractivity contribution < 1.29 is 4.39 Å². The third-order valence-electron chi connectivity index (χ3n) is 2.79. The number of hydrogen-bond donors (Lipinski definition) is 1. The van der Waals surface area contributed by atoms with Crippen LogP contribution in [0.4, 0.5) is 4.39 Å². The Balaban J connectivity index is 2.64. The second-order valence-electron chi connectivity index (χ2n) is 3.99. The number of halogens is 2. The van der Waals surface area contributed by atoms with Gasteiger partial charge in [0.15, 0.2) is 0 Å². The molecule has 3 heteroatoms. The molecule has 1 unspecified atom stereocenters. The lowest BCUT2D eigenvalue weighted by atomic mass is 10.0. The maximum atomic E-state index is 13.6. The fourth-order valence-electron chi connectivity index (χ4n) is 1.77. The number of benzene rings is 1. The molecule has 0 spiro atoms. The molecule has 1 aromatic carbocycles. The second-order valence-corrected chi connectivity index (χ2v) is 4.39. The van der Waals surface area contributed by atoms with E-state index in [9.17, 15) is 4.39 Å². The van der Waals surface area contributed by atoms with E-state index in [-0.39, 0.29) is 11.9 Å². The van der Waals surface area contributed by atoms with Crippen molar-refractivity contribution >= 4 is 11.6 Å². The lowest BCUT2D eigenvalue weighted by Crippen LogP contribution is -2.28. The van der Waals surface area contributed by atoms with Gasteiger partial charge in [0.25, 0.3) is 0 Å². The van der Waals surface area contributed by atoms with Crippen LogP contribution >= 0.6 is 11.6 Å². The van der Waals surface area contributed by atoms with Gasteiger partial charge in [-0.3, -0.25) is 0 Å². The van der Waals surface area contributed by atoms with Gasteiger partial charge < -0.3 is 5.32 Å². The number of hydrogen-bond acceptors (Lipinski definition) is 1. The van der Waals surface area contributed by atoms with E-state index in [4.69, 9.17) is 18.0 Å². The van der Waals surface area contributed by atoms with Gasteiger partial charge in [-0.25, -0.2) is 4.39 Å². The summed E-state index contributed by atoms with van der Waals surface area (Å²) in [7, 11) is 1.87. The molecule has 0 radical (unpaired) electrons. The van der Waals surface area contributed by atoms with Crippen LogP contribution in [0.1, 0.15) is 24.8 Å². The summed E-state index contributed by atoms with van der Waals surface area (Å²) in [6, 6.07) is 4.98. The van der Waals surface area contributed by atoms with Crippen LogP contribution < -0.4 is 5.32 Å². The Labute approximate surface area is 107 Å². The summed E-state index contributed by atoms with van der Waals surface area (Å²) in [5, 5.41) is 3.66. The van der Waals surface area contributed by atoms with E-state index in [1.54, 1.807) is 12.1 Å². The number of likely N-dealkylation sites (N-methyl/N-ethyl adjacent to an activating group) is 1. The Kier molecular flexibility index (Phi) is 6.04. The molecule has 17 heavy (non-hydrogen) atoms. The van der Waals surface area contributed by atoms with Gasteiger partial charge in [0, 0.05) is 23.0 Å². The normalized spacial score (nSPS) is 12.1. The first-order valence-corrected chi connectivity index (χ1v) is 6.10. The summed E-state index contributed by atoms with van der Waals surface area (Å²) in [6.07, 6.45) is 8.41. The molecule has 0 bridgehead atoms. The zero-order valence-corrected chi connectivity index (χ0v) is 10.7. The van der Waals surface area contributed by atoms with Crippen LogP contribution in [0.25, 0.3) is 0 Å². The molecule has 0 fully saturated rings. The first-order valence-electron chi connectivity index (χ1n) is 5.72. The van der Waals surface area contributed by atoms with Gasteiger partial charge in [0.05, 0.1) is 0 Å². The Morgan fingerprint density at radius 1 is 1.53 bits per heavy atom. The Morgan fingerprint density at radius 2 is 2.29 bits per heavy atom. The molecule has 1 rings (SSSR count). The average molecular weight is 254 g/mol. The fourth-order valence-corrected chi connectivity index (χ4v) is 2.01. The SMILES string of the molecule is C#CCCCC(Cc1c(F)cccc1Cl)NC. The van der Waals surface area contributed by atoms with Crippen molar-refractivity contribution in [1.82, 2.24) is 5.32 Å². The number of rotatable bonds is 6. The Morgan fingerprint density at radius 3 is 2.88 bits per heavy atom. The van der Waals surface area contributed by atoms with Crippen molar-refractivity contribution in [3.8, 4) is 12.3 Å². The molecule has 0 aliphatic rings. The molecule has 0 saturated carbocycles. The third-order valence-corrected chi connectivity index (χ3v) is 3.15. The van der Waals surface area contributed by atoms with Crippen LogP contribution in [0.3, 0.4) is 0 Å². The summed E-state index contributed by atoms with van der Waals surface area (Å²) in [6.45, 7) is 0. The summed E-state index contributed by atoms with van der Waals surface area (Å²) < 4.78 is 13.6. The molecule has 0 aromatic heterocycles. The molecule has 0 aliphatic carbocycles. The van der Waals surface area contributed by atoms with Crippen LogP contribution in [0.5, 0.6) is 0 Å². The Bertz CT molecular complexity index is 377. The van der Waals surface area contributed by atoms with Gasteiger partial charge in [0.2, 0.25) is 0 Å². The van der Waals surface area contributed by atoms with Gasteiger partial charge in [-0.05, 0) is 38.4 Å². The van der Waals surface area contributed by atoms with E-state index in [0.29, 0.717) is 17.0 Å². The molecule has 0 amide bonds. The van der Waals surface area contributed by atoms with Gasteiger partial charge in [-0.15, -0.1) is 12.3 Å². The lowest BCUT2D eigenvalue weighted by molar-refractivity contribution is 0.493. The van der Waals surface area contributed by atoms with E-state index in [1.165, 1.54) is 6.07 Å². The van der Waals surface area contributed by atoms with Crippen molar-refractivity contribution in [1.29, 1.82) is 0 Å². The minimum atomic E-state index is -0.241. The first kappa shape index (κ1) is 14.0. The molecule has 0 saturated heterocycles. The van der Waals surface area contributed by atoms with Crippen LogP contribution in [-0.4, -0.2) is 13.1 Å². The number of unbranched alkanes of at least 4 members (excludes halogenated alkanes) is 1. The molecule has 0 aliphatic heterocycles. The minimum absolute atomic E-state index is 0.206. The van der Waals surface area contributed by atoms with Gasteiger partial charge in [-0.2, -0.15) is 0 Å². The molecule has 1 N–H and O–H groups in total. The predicted octanol–water partition coefficient (Wildman–Crippen LogP) is 3.41. The van der Waals surface area contributed by atoms with Crippen molar-refractivity contribution in [2.45, 2.75) is 31.7 Å². The van der Waals surface area contributed by atoms with Crippen LogP contribution in [-0.2, 0) is 6.42 Å². The highest BCUT2D eigenvalue weighted by molar-refractivity contribution is 6.31. The van der Waals surface area contributed by atoms with E-state index < -0.39 is 0 Å². The van der Waals surface area contributed by atoms with Gasteiger partial charge in [0.1, 0.15) is 5.82 Å². The van der Waals surface area contributed by atoms with E-state index >= 15 is 0 Å². The van der Waals surface area contributed by atoms with Crippen molar-refractivity contribution in [3.63, 3.8) is 0 Å². The van der Waals surface area contributed by atoms with E-state index in [2.05, 4.69) is 11.2 Å². The topological polar surface area (TPSA) is 12.0 Å². The first-order chi connectivity index (χ1) is 8.19. The molecule has 1 atom stereocenters. The third kappa shape index (κ3) is 4.38. The molecular formula is C14H17ClFN. The maximum Gasteiger partial charge on any atom is 0.127 e. The lowest BCUT2D eigenvalue weighted by Gasteiger charge is -2.16. The molecule has 1 nitrogen and oxygen atoms in total. The molecular weight excluding hydrogens is 237 g/mol. The largest absolute Gasteiger partial charge is 0.317 e. The second kappa shape index (κ2) is 7.32. The highest BCUT2D eigenvalue weighted by atomic mass is 35.5. The number of terminal acetylenes is 1. The van der Waals surface area contributed by atoms with E-state index in [1.807, 2.05) is 7.05 Å². The average Bonchev–Trinajstić information content (AvgIpc) is 2.32. The van der Waals surface area contributed by atoms with Crippen molar-refractivity contribution in [3.05, 3.63) is 34.6 Å². The smallest absolute Gasteiger partial charge is 0.127 e. The maximum absolute atomic E-state index is 13.6. The molecule has 0 heterocycles. The summed E-state index contributed by atoms with van der Waals surface area (Å²) in [5.74, 6) is 2.36. The summed E-state index contributed by atoms with van der Waals surface area (Å²) in [5.41, 5.74) is 0.578. The van der Waals surface area contributed by atoms with Gasteiger partial charge >= 0.3 is 0 Å². The number of nitrogens with one attached hydrogen (secondary N) is 1. The summed E-state index contributed by atoms with van der Waals surface area (Å²) >= 11 is 5.99. The van der Waals surface area contributed by atoms with Gasteiger partial charge in [-0.1, -0.05) is 17.7 Å². The van der Waals surface area contributed by atoms with E-state index in [0.717, 1.165) is 19.3 Å². The monoisotopic (exact) mass is 253 g/mol. The highest BCUT2D eigenvalue weighted by Gasteiger charge is 2.13. The quantitative estimate of drug-likeness (QED) is 0.605. The van der Waals surface area contributed by atoms with Crippen molar-refractivity contribution in [2.75, 3.05) is 7.05 Å². The Hall–Kier alpha value is -1.04. The standard InChI is InChI=1S/C14H17ClFN/c1-3-4-5-7-11(17-2)10-12-13(15)8-6-9-14(12)16/h1,6,8-9,11,17H,4-5,7,10H2,2H3. The van der Waals surface area contributed by atoms with Crippen LogP contribution in [0.15, 0.2) is 18.2 Å². The van der Waals surface area contributed by atoms with Crippen LogP contribution in [0, 0.1) is 18.2 Å². The minimum Gasteiger partial charge on any atom is -0.317 e. The van der Waals surface area contributed by atoms with Crippen LogP contribution in [0.2, 0.25) is 5.02 Å². The summed E-state index contributed by atoms with van der Waals surface area (Å²) in [4.78, 5) is 0. The zero-order chi connectivity index (χ0) is 12.7. The zero-order valence-electron chi connectivity index (χ0n) is 9.97. The van der Waals surface area contributed by atoms with Crippen molar-refractivity contribution in [2.24, 2.45) is 0 Å². The predicted molar refractivity (Wildman–Crippen MR) is 70.6 cm³/mol.